The first-order valence-electron chi connectivity index (χ1n) is 15.9. The van der Waals surface area contributed by atoms with Gasteiger partial charge in [0.2, 0.25) is 0 Å². The van der Waals surface area contributed by atoms with Gasteiger partial charge in [-0.3, -0.25) is 14.6 Å². The number of ether oxygens (including phenoxy) is 1. The van der Waals surface area contributed by atoms with Crippen LogP contribution in [0.15, 0.2) is 72.8 Å². The Kier molecular flexibility index (Phi) is 9.19. The van der Waals surface area contributed by atoms with Crippen molar-refractivity contribution in [1.82, 2.24) is 24.7 Å². The maximum Gasteiger partial charge on any atom is 0.251 e. The number of fused-ring (bicyclic) bond motifs is 1. The molecule has 1 aromatic heterocycles. The molecule has 4 aromatic rings. The number of rotatable bonds is 7. The molecule has 3 aliphatic rings. The van der Waals surface area contributed by atoms with Crippen LogP contribution in [0.4, 0.5) is 5.82 Å². The van der Waals surface area contributed by atoms with Crippen LogP contribution in [0.2, 0.25) is 10.0 Å². The molecule has 0 aliphatic carbocycles. The molecule has 10 heteroatoms. The van der Waals surface area contributed by atoms with Gasteiger partial charge in [0.1, 0.15) is 17.7 Å². The Labute approximate surface area is 274 Å². The molecule has 0 radical (unpaired) electrons. The van der Waals surface area contributed by atoms with Gasteiger partial charge in [-0.25, -0.2) is 9.97 Å². The second kappa shape index (κ2) is 13.6. The molecule has 45 heavy (non-hydrogen) atoms. The standard InChI is InChI=1S/C35H38Cl2N6O2/c36-27-11-7-25(8-12-27)33(26-9-13-28(37)14-10-26)41-17-15-40(16-18-41)24-32-38-30-5-2-1-4-29(30)34(39-32)42-19-21-43(22-20-42)35(44)31-6-3-23-45-31/h1-2,4-5,7-14,31,33H,3,6,15-24H2. The summed E-state index contributed by atoms with van der Waals surface area (Å²) in [4.78, 5) is 32.3. The Morgan fingerprint density at radius 3 is 2.07 bits per heavy atom. The third-order valence-electron chi connectivity index (χ3n) is 9.23. The van der Waals surface area contributed by atoms with Gasteiger partial charge in [0, 0.05) is 74.4 Å². The first kappa shape index (κ1) is 30.4. The molecule has 0 bridgehead atoms. The first-order valence-corrected chi connectivity index (χ1v) is 16.7. The lowest BCUT2D eigenvalue weighted by atomic mass is 9.96. The third kappa shape index (κ3) is 6.81. The van der Waals surface area contributed by atoms with Gasteiger partial charge in [0.25, 0.3) is 5.91 Å². The van der Waals surface area contributed by atoms with Crippen molar-refractivity contribution in [3.8, 4) is 0 Å². The third-order valence-corrected chi connectivity index (χ3v) is 9.74. The van der Waals surface area contributed by atoms with Gasteiger partial charge in [-0.1, -0.05) is 59.6 Å². The summed E-state index contributed by atoms with van der Waals surface area (Å²) < 4.78 is 5.66. The molecule has 3 aliphatic heterocycles. The lowest BCUT2D eigenvalue weighted by Crippen LogP contribution is -2.51. The molecule has 0 saturated carbocycles. The highest BCUT2D eigenvalue weighted by atomic mass is 35.5. The number of hydrogen-bond acceptors (Lipinski definition) is 7. The SMILES string of the molecule is O=C(C1CCCO1)N1CCN(c2nc(CN3CCN(C(c4ccc(Cl)cc4)c4ccc(Cl)cc4)CC3)nc3ccccc23)CC1. The van der Waals surface area contributed by atoms with Crippen LogP contribution in [-0.4, -0.2) is 95.6 Å². The van der Waals surface area contributed by atoms with E-state index in [-0.39, 0.29) is 18.1 Å². The van der Waals surface area contributed by atoms with Crippen LogP contribution in [0.5, 0.6) is 0 Å². The normalized spacial score (nSPS) is 19.9. The topological polar surface area (TPSA) is 65.0 Å². The smallest absolute Gasteiger partial charge is 0.251 e. The summed E-state index contributed by atoms with van der Waals surface area (Å²) in [6.45, 7) is 7.87. The number of amides is 1. The summed E-state index contributed by atoms with van der Waals surface area (Å²) in [5, 5.41) is 2.53. The molecule has 0 spiro atoms. The van der Waals surface area contributed by atoms with Crippen molar-refractivity contribution in [3.63, 3.8) is 0 Å². The predicted octanol–water partition coefficient (Wildman–Crippen LogP) is 5.67. The molecule has 3 saturated heterocycles. The second-order valence-electron chi connectivity index (χ2n) is 12.1. The van der Waals surface area contributed by atoms with Crippen molar-refractivity contribution >= 4 is 45.8 Å². The minimum absolute atomic E-state index is 0.121. The van der Waals surface area contributed by atoms with Crippen molar-refractivity contribution in [2.45, 2.75) is 31.5 Å². The largest absolute Gasteiger partial charge is 0.368 e. The van der Waals surface area contributed by atoms with Gasteiger partial charge in [0.05, 0.1) is 18.1 Å². The molecular formula is C35H38Cl2N6O2. The molecule has 1 unspecified atom stereocenters. The van der Waals surface area contributed by atoms with Crippen LogP contribution in [0.3, 0.4) is 0 Å². The fourth-order valence-corrected chi connectivity index (χ4v) is 7.07. The Bertz CT molecular complexity index is 1570. The number of halogens is 2. The lowest BCUT2D eigenvalue weighted by Gasteiger charge is -2.40. The molecule has 7 rings (SSSR count). The summed E-state index contributed by atoms with van der Waals surface area (Å²) in [7, 11) is 0. The zero-order valence-corrected chi connectivity index (χ0v) is 26.8. The van der Waals surface area contributed by atoms with E-state index in [4.69, 9.17) is 37.9 Å². The van der Waals surface area contributed by atoms with E-state index in [0.717, 1.165) is 84.7 Å². The Morgan fingerprint density at radius 2 is 1.44 bits per heavy atom. The van der Waals surface area contributed by atoms with Gasteiger partial charge < -0.3 is 14.5 Å². The quantitative estimate of drug-likeness (QED) is 0.257. The number of carbonyl (C=O) groups is 1. The highest BCUT2D eigenvalue weighted by Gasteiger charge is 2.32. The van der Waals surface area contributed by atoms with Crippen molar-refractivity contribution in [1.29, 1.82) is 0 Å². The monoisotopic (exact) mass is 644 g/mol. The van der Waals surface area contributed by atoms with E-state index in [1.807, 2.05) is 41.3 Å². The number of benzene rings is 3. The average molecular weight is 646 g/mol. The molecule has 0 N–H and O–H groups in total. The summed E-state index contributed by atoms with van der Waals surface area (Å²) >= 11 is 12.5. The number of aromatic nitrogens is 2. The minimum atomic E-state index is -0.267. The molecule has 3 fully saturated rings. The Balaban J connectivity index is 1.04. The summed E-state index contributed by atoms with van der Waals surface area (Å²) in [6.07, 6.45) is 1.53. The molecule has 3 aromatic carbocycles. The highest BCUT2D eigenvalue weighted by Crippen LogP contribution is 2.32. The number of carbonyl (C=O) groups excluding carboxylic acids is 1. The Hall–Kier alpha value is -3.27. The van der Waals surface area contributed by atoms with Crippen LogP contribution in [0.25, 0.3) is 10.9 Å². The maximum absolute atomic E-state index is 12.9. The van der Waals surface area contributed by atoms with E-state index in [2.05, 4.69) is 51.1 Å². The molecule has 1 atom stereocenters. The van der Waals surface area contributed by atoms with Crippen molar-refractivity contribution < 1.29 is 9.53 Å². The van der Waals surface area contributed by atoms with Crippen LogP contribution in [0.1, 0.15) is 35.8 Å². The van der Waals surface area contributed by atoms with Crippen LogP contribution in [-0.2, 0) is 16.1 Å². The van der Waals surface area contributed by atoms with Crippen LogP contribution in [0, 0.1) is 0 Å². The Morgan fingerprint density at radius 1 is 0.800 bits per heavy atom. The zero-order valence-electron chi connectivity index (χ0n) is 25.3. The number of hydrogen-bond donors (Lipinski definition) is 0. The van der Waals surface area contributed by atoms with Gasteiger partial charge in [-0.15, -0.1) is 0 Å². The van der Waals surface area contributed by atoms with E-state index in [1.54, 1.807) is 0 Å². The van der Waals surface area contributed by atoms with Crippen molar-refractivity contribution in [2.75, 3.05) is 63.9 Å². The fraction of sp³-hybridized carbons (Fsp3) is 0.400. The summed E-state index contributed by atoms with van der Waals surface area (Å²) in [5.74, 6) is 1.93. The van der Waals surface area contributed by atoms with E-state index in [0.29, 0.717) is 26.2 Å². The van der Waals surface area contributed by atoms with Gasteiger partial charge in [0.15, 0.2) is 0 Å². The molecule has 4 heterocycles. The lowest BCUT2D eigenvalue weighted by molar-refractivity contribution is -0.141. The number of nitrogens with zero attached hydrogens (tertiary/aromatic N) is 6. The fourth-order valence-electron chi connectivity index (χ4n) is 6.82. The predicted molar refractivity (Wildman–Crippen MR) is 179 cm³/mol. The zero-order chi connectivity index (χ0) is 30.8. The molecule has 8 nitrogen and oxygen atoms in total. The summed E-state index contributed by atoms with van der Waals surface area (Å²) in [5.41, 5.74) is 3.39. The van der Waals surface area contributed by atoms with E-state index in [9.17, 15) is 4.79 Å². The number of para-hydroxylation sites is 1. The van der Waals surface area contributed by atoms with E-state index in [1.165, 1.54) is 11.1 Å². The molecular weight excluding hydrogens is 607 g/mol. The first-order chi connectivity index (χ1) is 22.0. The molecule has 1 amide bonds. The van der Waals surface area contributed by atoms with Crippen molar-refractivity contribution in [2.24, 2.45) is 0 Å². The van der Waals surface area contributed by atoms with Crippen molar-refractivity contribution in [3.05, 3.63) is 99.8 Å². The maximum atomic E-state index is 12.9. The van der Waals surface area contributed by atoms with Gasteiger partial charge in [-0.05, 0) is 60.4 Å². The number of piperazine rings is 2. The van der Waals surface area contributed by atoms with E-state index < -0.39 is 0 Å². The van der Waals surface area contributed by atoms with Crippen LogP contribution >= 0.6 is 23.2 Å². The highest BCUT2D eigenvalue weighted by molar-refractivity contribution is 6.30. The average Bonchev–Trinajstić information content (AvgIpc) is 3.62. The molecule has 234 valence electrons. The van der Waals surface area contributed by atoms with E-state index >= 15 is 0 Å². The van der Waals surface area contributed by atoms with Gasteiger partial charge >= 0.3 is 0 Å². The van der Waals surface area contributed by atoms with Crippen LogP contribution < -0.4 is 4.90 Å². The second-order valence-corrected chi connectivity index (χ2v) is 13.0. The minimum Gasteiger partial charge on any atom is -0.368 e. The van der Waals surface area contributed by atoms with Gasteiger partial charge in [-0.2, -0.15) is 0 Å². The number of anilines is 1. The summed E-state index contributed by atoms with van der Waals surface area (Å²) in [6, 6.07) is 24.7.